The number of rotatable bonds is 0. The molecule has 1 heteroatoms. The van der Waals surface area contributed by atoms with Crippen LogP contribution >= 0.6 is 0 Å². The van der Waals surface area contributed by atoms with Gasteiger partial charge in [-0.25, -0.2) is 0 Å². The molecule has 0 aromatic rings. The van der Waals surface area contributed by atoms with Crippen molar-refractivity contribution in [3.8, 4) is 0 Å². The summed E-state index contributed by atoms with van der Waals surface area (Å²) in [6.45, 7) is 2.36. The lowest BCUT2D eigenvalue weighted by Crippen LogP contribution is -2.41. The monoisotopic (exact) mass is 151 g/mol. The van der Waals surface area contributed by atoms with Gasteiger partial charge in [0.15, 0.2) is 0 Å². The minimum Gasteiger partial charge on any atom is -0.327 e. The molecule has 2 bridgehead atoms. The van der Waals surface area contributed by atoms with E-state index in [1.807, 2.05) is 0 Å². The topological polar surface area (TPSA) is 26.0 Å². The Morgan fingerprint density at radius 1 is 1.55 bits per heavy atom. The van der Waals surface area contributed by atoms with Gasteiger partial charge in [-0.3, -0.25) is 0 Å². The van der Waals surface area contributed by atoms with Gasteiger partial charge in [-0.2, -0.15) is 0 Å². The van der Waals surface area contributed by atoms with Crippen LogP contribution in [0, 0.1) is 11.3 Å². The summed E-state index contributed by atoms with van der Waals surface area (Å²) in [4.78, 5) is 0. The molecule has 0 aromatic carbocycles. The molecule has 11 heavy (non-hydrogen) atoms. The Kier molecular flexibility index (Phi) is 1.57. The second-order valence-electron chi connectivity index (χ2n) is 4.46. The van der Waals surface area contributed by atoms with Crippen molar-refractivity contribution in [2.75, 3.05) is 0 Å². The molecule has 0 aliphatic heterocycles. The molecule has 2 aliphatic rings. The molecule has 0 saturated heterocycles. The maximum atomic E-state index is 6.01. The summed E-state index contributed by atoms with van der Waals surface area (Å²) in [5, 5.41) is 0. The second-order valence-corrected chi connectivity index (χ2v) is 4.46. The highest BCUT2D eigenvalue weighted by Crippen LogP contribution is 2.44. The molecular weight excluding hydrogens is 134 g/mol. The normalized spacial score (nSPS) is 49.3. The Hall–Kier alpha value is -0.300. The molecule has 0 aromatic heterocycles. The third kappa shape index (κ3) is 1.22. The Morgan fingerprint density at radius 3 is 3.09 bits per heavy atom. The van der Waals surface area contributed by atoms with Crippen molar-refractivity contribution in [2.45, 2.75) is 38.6 Å². The molecule has 3 unspecified atom stereocenters. The van der Waals surface area contributed by atoms with Gasteiger partial charge in [-0.1, -0.05) is 19.1 Å². The van der Waals surface area contributed by atoms with Crippen molar-refractivity contribution in [3.63, 3.8) is 0 Å². The van der Waals surface area contributed by atoms with E-state index in [2.05, 4.69) is 19.1 Å². The van der Waals surface area contributed by atoms with Gasteiger partial charge in [0.25, 0.3) is 0 Å². The maximum absolute atomic E-state index is 6.01. The van der Waals surface area contributed by atoms with Crippen LogP contribution in [0.2, 0.25) is 0 Å². The van der Waals surface area contributed by atoms with Crippen LogP contribution < -0.4 is 5.73 Å². The highest BCUT2D eigenvalue weighted by Gasteiger charge is 2.36. The minimum absolute atomic E-state index is 0.480. The lowest BCUT2D eigenvalue weighted by atomic mass is 9.65. The summed E-state index contributed by atoms with van der Waals surface area (Å²) in [5.74, 6) is 0.777. The van der Waals surface area contributed by atoms with Crippen molar-refractivity contribution < 1.29 is 0 Å². The van der Waals surface area contributed by atoms with E-state index in [1.165, 1.54) is 25.7 Å². The lowest BCUT2D eigenvalue weighted by molar-refractivity contribution is 0.173. The summed E-state index contributed by atoms with van der Waals surface area (Å²) in [6.07, 6.45) is 9.79. The largest absolute Gasteiger partial charge is 0.327 e. The van der Waals surface area contributed by atoms with E-state index in [4.69, 9.17) is 5.73 Å². The summed E-state index contributed by atoms with van der Waals surface area (Å²) in [6, 6.07) is 0.480. The molecule has 1 saturated carbocycles. The summed E-state index contributed by atoms with van der Waals surface area (Å²) >= 11 is 0. The smallest absolute Gasteiger partial charge is 0.00707 e. The highest BCUT2D eigenvalue weighted by atomic mass is 14.7. The van der Waals surface area contributed by atoms with Gasteiger partial charge in [0.2, 0.25) is 0 Å². The molecule has 62 valence electrons. The van der Waals surface area contributed by atoms with Gasteiger partial charge in [-0.05, 0) is 37.0 Å². The number of hydrogen-bond acceptors (Lipinski definition) is 1. The van der Waals surface area contributed by atoms with E-state index < -0.39 is 0 Å². The quantitative estimate of drug-likeness (QED) is 0.527. The van der Waals surface area contributed by atoms with Gasteiger partial charge in [0.1, 0.15) is 0 Å². The predicted octanol–water partition coefficient (Wildman–Crippen LogP) is 2.08. The van der Waals surface area contributed by atoms with Crippen molar-refractivity contribution >= 4 is 0 Å². The minimum atomic E-state index is 0.480. The molecule has 1 nitrogen and oxygen atoms in total. The fourth-order valence-corrected chi connectivity index (χ4v) is 2.52. The summed E-state index contributed by atoms with van der Waals surface area (Å²) < 4.78 is 0. The van der Waals surface area contributed by atoms with Gasteiger partial charge in [0.05, 0.1) is 0 Å². The van der Waals surface area contributed by atoms with Crippen LogP contribution in [-0.4, -0.2) is 6.04 Å². The Balaban J connectivity index is 2.19. The van der Waals surface area contributed by atoms with Crippen LogP contribution in [0.4, 0.5) is 0 Å². The first-order valence-corrected chi connectivity index (χ1v) is 4.63. The second kappa shape index (κ2) is 2.34. The number of nitrogens with two attached hydrogens (primary N) is 1. The molecule has 0 radical (unpaired) electrons. The van der Waals surface area contributed by atoms with Crippen LogP contribution in [0.25, 0.3) is 0 Å². The standard InChI is InChI=1S/C10H17N/c1-10-5-2-3-8(7-10)9(11)4-6-10/h2,5,8-9H,3-4,6-7,11H2,1H3. The third-order valence-corrected chi connectivity index (χ3v) is 3.34. The van der Waals surface area contributed by atoms with Crippen LogP contribution in [0.3, 0.4) is 0 Å². The first kappa shape index (κ1) is 7.35. The van der Waals surface area contributed by atoms with Gasteiger partial charge in [0, 0.05) is 6.04 Å². The van der Waals surface area contributed by atoms with Crippen LogP contribution in [0.5, 0.6) is 0 Å². The average Bonchev–Trinajstić information content (AvgIpc) is 1.99. The zero-order chi connectivity index (χ0) is 7.90. The molecule has 0 heterocycles. The van der Waals surface area contributed by atoms with E-state index in [9.17, 15) is 0 Å². The Labute approximate surface area is 68.7 Å². The van der Waals surface area contributed by atoms with Gasteiger partial charge < -0.3 is 5.73 Å². The fourth-order valence-electron chi connectivity index (χ4n) is 2.52. The van der Waals surface area contributed by atoms with Crippen LogP contribution in [0.1, 0.15) is 32.6 Å². The third-order valence-electron chi connectivity index (χ3n) is 3.34. The lowest BCUT2D eigenvalue weighted by Gasteiger charge is -2.42. The van der Waals surface area contributed by atoms with E-state index >= 15 is 0 Å². The fraction of sp³-hybridized carbons (Fsp3) is 0.800. The Bertz CT molecular complexity index is 185. The van der Waals surface area contributed by atoms with Crippen molar-refractivity contribution in [1.29, 1.82) is 0 Å². The summed E-state index contributed by atoms with van der Waals surface area (Å²) in [7, 11) is 0. The predicted molar refractivity (Wildman–Crippen MR) is 47.2 cm³/mol. The SMILES string of the molecule is CC12C=CCC(C1)C(N)CC2. The highest BCUT2D eigenvalue weighted by molar-refractivity contribution is 5.08. The molecule has 1 fully saturated rings. The first-order valence-electron chi connectivity index (χ1n) is 4.63. The molecular formula is C10H17N. The zero-order valence-corrected chi connectivity index (χ0v) is 7.22. The van der Waals surface area contributed by atoms with Crippen molar-refractivity contribution in [3.05, 3.63) is 12.2 Å². The van der Waals surface area contributed by atoms with E-state index in [0.717, 1.165) is 5.92 Å². The van der Waals surface area contributed by atoms with Crippen LogP contribution in [-0.2, 0) is 0 Å². The molecule has 0 spiro atoms. The van der Waals surface area contributed by atoms with E-state index in [1.54, 1.807) is 0 Å². The Morgan fingerprint density at radius 2 is 2.36 bits per heavy atom. The van der Waals surface area contributed by atoms with Crippen molar-refractivity contribution in [2.24, 2.45) is 17.1 Å². The molecule has 2 N–H and O–H groups in total. The molecule has 2 rings (SSSR count). The van der Waals surface area contributed by atoms with Crippen LogP contribution in [0.15, 0.2) is 12.2 Å². The molecule has 3 atom stereocenters. The number of hydrogen-bond donors (Lipinski definition) is 1. The average molecular weight is 151 g/mol. The summed E-state index contributed by atoms with van der Waals surface area (Å²) in [5.41, 5.74) is 6.51. The van der Waals surface area contributed by atoms with Crippen molar-refractivity contribution in [1.82, 2.24) is 0 Å². The molecule has 2 aliphatic carbocycles. The zero-order valence-electron chi connectivity index (χ0n) is 7.22. The van der Waals surface area contributed by atoms with E-state index in [-0.39, 0.29) is 0 Å². The number of allylic oxidation sites excluding steroid dienone is 2. The number of fused-ring (bicyclic) bond motifs is 2. The maximum Gasteiger partial charge on any atom is 0.00707 e. The van der Waals surface area contributed by atoms with Gasteiger partial charge in [-0.15, -0.1) is 0 Å². The van der Waals surface area contributed by atoms with Gasteiger partial charge >= 0.3 is 0 Å². The first-order chi connectivity index (χ1) is 5.20. The molecule has 0 amide bonds. The van der Waals surface area contributed by atoms with E-state index in [0.29, 0.717) is 11.5 Å².